The van der Waals surface area contributed by atoms with Crippen LogP contribution in [-0.4, -0.2) is 51.2 Å². The summed E-state index contributed by atoms with van der Waals surface area (Å²) < 4.78 is 25.6. The summed E-state index contributed by atoms with van der Waals surface area (Å²) in [6, 6.07) is 16.8. The van der Waals surface area contributed by atoms with E-state index < -0.39 is 10.0 Å². The molecule has 29 heavy (non-hydrogen) atoms. The van der Waals surface area contributed by atoms with Crippen molar-refractivity contribution < 1.29 is 13.2 Å². The molecule has 8 heteroatoms. The highest BCUT2D eigenvalue weighted by Gasteiger charge is 2.25. The lowest BCUT2D eigenvalue weighted by Gasteiger charge is -2.32. The zero-order chi connectivity index (χ0) is 20.9. The quantitative estimate of drug-likeness (QED) is 0.700. The molecule has 6 nitrogen and oxygen atoms in total. The molecule has 0 spiro atoms. The van der Waals surface area contributed by atoms with Crippen LogP contribution in [0.3, 0.4) is 0 Å². The summed E-state index contributed by atoms with van der Waals surface area (Å²) in [4.78, 5) is 14.8. The molecule has 2 aromatic carbocycles. The Morgan fingerprint density at radius 1 is 1.14 bits per heavy atom. The summed E-state index contributed by atoms with van der Waals surface area (Å²) in [6.07, 6.45) is 2.79. The molecule has 1 heterocycles. The van der Waals surface area contributed by atoms with E-state index in [0.29, 0.717) is 11.6 Å². The summed E-state index contributed by atoms with van der Waals surface area (Å²) >= 11 is 6.01. The van der Waals surface area contributed by atoms with E-state index in [2.05, 4.69) is 10.0 Å². The van der Waals surface area contributed by atoms with Crippen molar-refractivity contribution in [2.45, 2.75) is 24.9 Å². The zero-order valence-electron chi connectivity index (χ0n) is 16.3. The fourth-order valence-corrected chi connectivity index (χ4v) is 4.59. The Morgan fingerprint density at radius 2 is 1.79 bits per heavy atom. The molecule has 2 N–H and O–H groups in total. The molecule has 2 aromatic rings. The number of piperidine rings is 1. The SMILES string of the molecule is CS(=O)(=O)NC1CCCN(CC(=O)NC(c2ccccc2)c2ccc(Cl)cc2)C1. The van der Waals surface area contributed by atoms with Crippen molar-refractivity contribution in [2.75, 3.05) is 25.9 Å². The molecule has 1 aliphatic rings. The molecule has 0 radical (unpaired) electrons. The average Bonchev–Trinajstić information content (AvgIpc) is 2.66. The van der Waals surface area contributed by atoms with Gasteiger partial charge in [-0.2, -0.15) is 0 Å². The van der Waals surface area contributed by atoms with Crippen LogP contribution in [0.15, 0.2) is 54.6 Å². The molecule has 2 unspecified atom stereocenters. The van der Waals surface area contributed by atoms with Gasteiger partial charge in [-0.25, -0.2) is 13.1 Å². The van der Waals surface area contributed by atoms with Crippen LogP contribution in [0.25, 0.3) is 0 Å². The molecule has 0 aromatic heterocycles. The minimum atomic E-state index is -3.26. The van der Waals surface area contributed by atoms with Crippen molar-refractivity contribution in [2.24, 2.45) is 0 Å². The lowest BCUT2D eigenvalue weighted by molar-refractivity contribution is -0.123. The van der Waals surface area contributed by atoms with E-state index >= 15 is 0 Å². The second-order valence-corrected chi connectivity index (χ2v) is 9.64. The number of hydrogen-bond acceptors (Lipinski definition) is 4. The van der Waals surface area contributed by atoms with Crippen LogP contribution < -0.4 is 10.0 Å². The third-order valence-electron chi connectivity index (χ3n) is 4.90. The maximum absolute atomic E-state index is 12.8. The van der Waals surface area contributed by atoms with Gasteiger partial charge in [0.25, 0.3) is 0 Å². The number of likely N-dealkylation sites (tertiary alicyclic amines) is 1. The Kier molecular flexibility index (Phi) is 7.29. The Balaban J connectivity index is 1.68. The standard InChI is InChI=1S/C21H26ClN3O3S/c1-29(27,28)24-19-8-5-13-25(14-19)15-20(26)23-21(16-6-3-2-4-7-16)17-9-11-18(22)12-10-17/h2-4,6-7,9-12,19,21,24H,5,8,13-15H2,1H3,(H,23,26). The minimum Gasteiger partial charge on any atom is -0.344 e. The predicted molar refractivity (Wildman–Crippen MR) is 115 cm³/mol. The van der Waals surface area contributed by atoms with E-state index in [1.165, 1.54) is 0 Å². The van der Waals surface area contributed by atoms with Gasteiger partial charge in [0.15, 0.2) is 0 Å². The molecule has 1 fully saturated rings. The largest absolute Gasteiger partial charge is 0.344 e. The average molecular weight is 436 g/mol. The number of carbonyl (C=O) groups is 1. The van der Waals surface area contributed by atoms with E-state index in [9.17, 15) is 13.2 Å². The number of halogens is 1. The first kappa shape index (κ1) is 21.8. The number of sulfonamides is 1. The van der Waals surface area contributed by atoms with Gasteiger partial charge in [-0.3, -0.25) is 9.69 Å². The predicted octanol–water partition coefficient (Wildman–Crippen LogP) is 2.56. The first-order valence-electron chi connectivity index (χ1n) is 9.59. The fourth-order valence-electron chi connectivity index (χ4n) is 3.67. The van der Waals surface area contributed by atoms with Gasteiger partial charge < -0.3 is 5.32 Å². The van der Waals surface area contributed by atoms with Crippen LogP contribution >= 0.6 is 11.6 Å². The summed E-state index contributed by atoms with van der Waals surface area (Å²) in [7, 11) is -3.26. The lowest BCUT2D eigenvalue weighted by atomic mass is 9.98. The Labute approximate surface area is 177 Å². The lowest BCUT2D eigenvalue weighted by Crippen LogP contribution is -2.50. The van der Waals surface area contributed by atoms with Crippen molar-refractivity contribution in [3.05, 3.63) is 70.7 Å². The van der Waals surface area contributed by atoms with Crippen molar-refractivity contribution >= 4 is 27.5 Å². The third-order valence-corrected chi connectivity index (χ3v) is 5.91. The molecule has 0 saturated carbocycles. The highest BCUT2D eigenvalue weighted by atomic mass is 35.5. The molecule has 2 atom stereocenters. The molecule has 1 amide bonds. The highest BCUT2D eigenvalue weighted by Crippen LogP contribution is 2.23. The van der Waals surface area contributed by atoms with E-state index in [4.69, 9.17) is 11.6 Å². The molecule has 1 saturated heterocycles. The third kappa shape index (κ3) is 6.82. The van der Waals surface area contributed by atoms with Crippen molar-refractivity contribution in [1.29, 1.82) is 0 Å². The Hall–Kier alpha value is -1.93. The zero-order valence-corrected chi connectivity index (χ0v) is 17.9. The number of benzene rings is 2. The van der Waals surface area contributed by atoms with Gasteiger partial charge in [0.05, 0.1) is 18.8 Å². The van der Waals surface area contributed by atoms with Gasteiger partial charge >= 0.3 is 0 Å². The van der Waals surface area contributed by atoms with Gasteiger partial charge in [-0.15, -0.1) is 0 Å². The molecule has 0 aliphatic carbocycles. The maximum atomic E-state index is 12.8. The Bertz CT molecular complexity index is 920. The van der Waals surface area contributed by atoms with E-state index in [-0.39, 0.29) is 24.5 Å². The van der Waals surface area contributed by atoms with Crippen LogP contribution in [0.2, 0.25) is 5.02 Å². The topological polar surface area (TPSA) is 78.5 Å². The van der Waals surface area contributed by atoms with Crippen LogP contribution in [0, 0.1) is 0 Å². The van der Waals surface area contributed by atoms with Gasteiger partial charge in [0.2, 0.25) is 15.9 Å². The van der Waals surface area contributed by atoms with E-state index in [1.54, 1.807) is 0 Å². The molecule has 156 valence electrons. The van der Waals surface area contributed by atoms with Crippen LogP contribution in [0.4, 0.5) is 0 Å². The normalized spacial score (nSPS) is 18.9. The first-order valence-corrected chi connectivity index (χ1v) is 11.9. The second-order valence-electron chi connectivity index (χ2n) is 7.43. The second kappa shape index (κ2) is 9.71. The number of carbonyl (C=O) groups excluding carboxylic acids is 1. The molecule has 1 aliphatic heterocycles. The first-order chi connectivity index (χ1) is 13.8. The van der Waals surface area contributed by atoms with Gasteiger partial charge in [0, 0.05) is 17.6 Å². The summed E-state index contributed by atoms with van der Waals surface area (Å²) in [6.45, 7) is 1.52. The smallest absolute Gasteiger partial charge is 0.234 e. The Morgan fingerprint density at radius 3 is 2.45 bits per heavy atom. The molecule has 3 rings (SSSR count). The van der Waals surface area contributed by atoms with Gasteiger partial charge in [-0.05, 0) is 42.6 Å². The van der Waals surface area contributed by atoms with Crippen molar-refractivity contribution in [3.63, 3.8) is 0 Å². The monoisotopic (exact) mass is 435 g/mol. The number of amides is 1. The number of nitrogens with zero attached hydrogens (tertiary/aromatic N) is 1. The van der Waals surface area contributed by atoms with Crippen molar-refractivity contribution in [1.82, 2.24) is 14.9 Å². The molecular weight excluding hydrogens is 410 g/mol. The van der Waals surface area contributed by atoms with E-state index in [0.717, 1.165) is 36.8 Å². The highest BCUT2D eigenvalue weighted by molar-refractivity contribution is 7.88. The van der Waals surface area contributed by atoms with E-state index in [1.807, 2.05) is 59.5 Å². The minimum absolute atomic E-state index is 0.103. The summed E-state index contributed by atoms with van der Waals surface area (Å²) in [5, 5.41) is 3.76. The fraction of sp³-hybridized carbons (Fsp3) is 0.381. The molecule has 0 bridgehead atoms. The maximum Gasteiger partial charge on any atom is 0.234 e. The van der Waals surface area contributed by atoms with Crippen molar-refractivity contribution in [3.8, 4) is 0 Å². The van der Waals surface area contributed by atoms with Gasteiger partial charge in [0.1, 0.15) is 0 Å². The molecular formula is C21H26ClN3O3S. The van der Waals surface area contributed by atoms with Crippen LogP contribution in [-0.2, 0) is 14.8 Å². The summed E-state index contributed by atoms with van der Waals surface area (Å²) in [5.74, 6) is -0.103. The van der Waals surface area contributed by atoms with Crippen LogP contribution in [0.5, 0.6) is 0 Å². The number of nitrogens with one attached hydrogen (secondary N) is 2. The number of rotatable bonds is 7. The number of hydrogen-bond donors (Lipinski definition) is 2. The van der Waals surface area contributed by atoms with Gasteiger partial charge in [-0.1, -0.05) is 54.1 Å². The van der Waals surface area contributed by atoms with Crippen LogP contribution in [0.1, 0.15) is 30.0 Å². The summed E-state index contributed by atoms with van der Waals surface area (Å²) in [5.41, 5.74) is 1.93.